The molecule has 2 aromatic carbocycles. The number of carbonyl (C=O) groups excluding carboxylic acids is 1. The summed E-state index contributed by atoms with van der Waals surface area (Å²) < 4.78 is 12.0. The van der Waals surface area contributed by atoms with E-state index in [4.69, 9.17) is 9.47 Å². The van der Waals surface area contributed by atoms with E-state index in [1.54, 1.807) is 48.0 Å². The number of nitrogens with zero attached hydrogens (tertiary/aromatic N) is 1. The summed E-state index contributed by atoms with van der Waals surface area (Å²) >= 11 is 0. The largest absolute Gasteiger partial charge is 0.496 e. The Labute approximate surface area is 157 Å². The number of methoxy groups -OCH3 is 1. The van der Waals surface area contributed by atoms with Crippen molar-refractivity contribution in [1.29, 1.82) is 0 Å². The molecule has 3 rings (SSSR count). The zero-order valence-electron chi connectivity index (χ0n) is 15.3. The first-order valence-corrected chi connectivity index (χ1v) is 8.73. The monoisotopic (exact) mass is 363 g/mol. The van der Waals surface area contributed by atoms with Crippen LogP contribution in [-0.2, 0) is 11.3 Å². The number of rotatable bonds is 6. The van der Waals surface area contributed by atoms with Gasteiger partial charge < -0.3 is 14.0 Å². The van der Waals surface area contributed by atoms with E-state index in [1.807, 2.05) is 30.3 Å². The van der Waals surface area contributed by atoms with Crippen LogP contribution in [0.15, 0.2) is 71.7 Å². The van der Waals surface area contributed by atoms with Gasteiger partial charge in [-0.1, -0.05) is 42.5 Å². The van der Waals surface area contributed by atoms with Crippen molar-refractivity contribution in [2.24, 2.45) is 0 Å². The minimum Gasteiger partial charge on any atom is -0.496 e. The van der Waals surface area contributed by atoms with Gasteiger partial charge in [-0.3, -0.25) is 4.79 Å². The van der Waals surface area contributed by atoms with Gasteiger partial charge in [-0.2, -0.15) is 0 Å². The average molecular weight is 363 g/mol. The molecule has 0 spiro atoms. The number of hydrogen-bond acceptors (Lipinski definition) is 4. The summed E-state index contributed by atoms with van der Waals surface area (Å²) in [4.78, 5) is 24.9. The molecule has 0 radical (unpaired) electrons. The highest BCUT2D eigenvalue weighted by molar-refractivity contribution is 5.90. The molecule has 0 N–H and O–H groups in total. The number of esters is 1. The summed E-state index contributed by atoms with van der Waals surface area (Å²) in [6.45, 7) is 2.55. The lowest BCUT2D eigenvalue weighted by Gasteiger charge is -2.13. The second-order valence-corrected chi connectivity index (χ2v) is 5.98. The third kappa shape index (κ3) is 4.08. The van der Waals surface area contributed by atoms with Crippen molar-refractivity contribution in [3.63, 3.8) is 0 Å². The predicted molar refractivity (Wildman–Crippen MR) is 104 cm³/mol. The van der Waals surface area contributed by atoms with Crippen LogP contribution in [-0.4, -0.2) is 24.3 Å². The quantitative estimate of drug-likeness (QED) is 0.626. The van der Waals surface area contributed by atoms with E-state index in [2.05, 4.69) is 0 Å². The number of pyridine rings is 1. The van der Waals surface area contributed by atoms with E-state index in [9.17, 15) is 9.59 Å². The first-order chi connectivity index (χ1) is 13.1. The van der Waals surface area contributed by atoms with Crippen LogP contribution < -0.4 is 10.3 Å². The van der Waals surface area contributed by atoms with Crippen LogP contribution in [0.3, 0.4) is 0 Å². The van der Waals surface area contributed by atoms with Crippen molar-refractivity contribution < 1.29 is 14.3 Å². The molecule has 138 valence electrons. The minimum absolute atomic E-state index is 0.151. The maximum Gasteiger partial charge on any atom is 0.338 e. The zero-order valence-corrected chi connectivity index (χ0v) is 15.3. The fourth-order valence-corrected chi connectivity index (χ4v) is 2.89. The number of benzene rings is 2. The van der Waals surface area contributed by atoms with Gasteiger partial charge in [-0.25, -0.2) is 4.79 Å². The van der Waals surface area contributed by atoms with Crippen molar-refractivity contribution in [3.05, 3.63) is 88.3 Å². The summed E-state index contributed by atoms with van der Waals surface area (Å²) in [7, 11) is 1.53. The van der Waals surface area contributed by atoms with Gasteiger partial charge in [0, 0.05) is 6.20 Å². The number of hydrogen-bond donors (Lipinski definition) is 0. The molecule has 0 atom stereocenters. The van der Waals surface area contributed by atoms with Crippen LogP contribution >= 0.6 is 0 Å². The lowest BCUT2D eigenvalue weighted by molar-refractivity contribution is 0.0526. The van der Waals surface area contributed by atoms with Crippen molar-refractivity contribution in [1.82, 2.24) is 4.57 Å². The number of aromatic nitrogens is 1. The van der Waals surface area contributed by atoms with Crippen LogP contribution in [0.25, 0.3) is 11.1 Å². The van der Waals surface area contributed by atoms with E-state index in [-0.39, 0.29) is 11.5 Å². The topological polar surface area (TPSA) is 57.5 Å². The molecule has 0 amide bonds. The molecule has 0 unspecified atom stereocenters. The van der Waals surface area contributed by atoms with Crippen molar-refractivity contribution in [2.75, 3.05) is 13.7 Å². The summed E-state index contributed by atoms with van der Waals surface area (Å²) in [5.41, 5.74) is 2.48. The standard InChI is InChI=1S/C22H21NO4/c1-3-27-22(25)18-11-9-17(10-12-18)20-19(26-2)13-14-23(21(20)24)15-16-7-5-4-6-8-16/h4-14H,3,15H2,1-2H3. The van der Waals surface area contributed by atoms with Gasteiger partial charge in [0.1, 0.15) is 5.75 Å². The Balaban J connectivity index is 2.00. The summed E-state index contributed by atoms with van der Waals surface area (Å²) in [5.74, 6) is 0.110. The lowest BCUT2D eigenvalue weighted by Crippen LogP contribution is -2.22. The molecule has 5 heteroatoms. The molecule has 0 bridgehead atoms. The highest BCUT2D eigenvalue weighted by Gasteiger charge is 2.15. The molecule has 0 aliphatic heterocycles. The molecule has 0 saturated carbocycles. The van der Waals surface area contributed by atoms with Gasteiger partial charge in [0.05, 0.1) is 31.4 Å². The summed E-state index contributed by atoms with van der Waals surface area (Å²) in [5, 5.41) is 0. The van der Waals surface area contributed by atoms with Gasteiger partial charge in [-0.05, 0) is 36.2 Å². The Morgan fingerprint density at radius 1 is 1.00 bits per heavy atom. The number of carbonyl (C=O) groups is 1. The second kappa shape index (κ2) is 8.36. The van der Waals surface area contributed by atoms with Gasteiger partial charge in [-0.15, -0.1) is 0 Å². The molecule has 0 aliphatic rings. The Morgan fingerprint density at radius 3 is 2.33 bits per heavy atom. The van der Waals surface area contributed by atoms with Crippen LogP contribution in [0.2, 0.25) is 0 Å². The van der Waals surface area contributed by atoms with Crippen molar-refractivity contribution >= 4 is 5.97 Å². The second-order valence-electron chi connectivity index (χ2n) is 5.98. The highest BCUT2D eigenvalue weighted by atomic mass is 16.5. The van der Waals surface area contributed by atoms with E-state index in [1.165, 1.54) is 7.11 Å². The molecular formula is C22H21NO4. The van der Waals surface area contributed by atoms with Crippen molar-refractivity contribution in [2.45, 2.75) is 13.5 Å². The molecule has 1 heterocycles. The number of ether oxygens (including phenoxy) is 2. The van der Waals surface area contributed by atoms with E-state index in [0.717, 1.165) is 5.56 Å². The average Bonchev–Trinajstić information content (AvgIpc) is 2.70. The highest BCUT2D eigenvalue weighted by Crippen LogP contribution is 2.26. The smallest absolute Gasteiger partial charge is 0.338 e. The SMILES string of the molecule is CCOC(=O)c1ccc(-c2c(OC)ccn(Cc3ccccc3)c2=O)cc1. The van der Waals surface area contributed by atoms with Gasteiger partial charge in [0.25, 0.3) is 5.56 Å². The van der Waals surface area contributed by atoms with E-state index >= 15 is 0 Å². The van der Waals surface area contributed by atoms with E-state index < -0.39 is 0 Å². The van der Waals surface area contributed by atoms with Crippen molar-refractivity contribution in [3.8, 4) is 16.9 Å². The third-order valence-corrected chi connectivity index (χ3v) is 4.23. The summed E-state index contributed by atoms with van der Waals surface area (Å²) in [6.07, 6.45) is 1.73. The molecule has 3 aromatic rings. The molecule has 0 saturated heterocycles. The first-order valence-electron chi connectivity index (χ1n) is 8.73. The molecule has 0 aliphatic carbocycles. The third-order valence-electron chi connectivity index (χ3n) is 4.23. The molecule has 1 aromatic heterocycles. The molecular weight excluding hydrogens is 342 g/mol. The molecule has 0 fully saturated rings. The van der Waals surface area contributed by atoms with Crippen LogP contribution in [0.5, 0.6) is 5.75 Å². The van der Waals surface area contributed by atoms with Crippen LogP contribution in [0.1, 0.15) is 22.8 Å². The predicted octanol–water partition coefficient (Wildman–Crippen LogP) is 3.75. The minimum atomic E-state index is -0.384. The summed E-state index contributed by atoms with van der Waals surface area (Å²) in [6, 6.07) is 18.3. The molecule has 5 nitrogen and oxygen atoms in total. The van der Waals surface area contributed by atoms with Gasteiger partial charge in [0.15, 0.2) is 0 Å². The normalized spacial score (nSPS) is 10.4. The fraction of sp³-hybridized carbons (Fsp3) is 0.182. The van der Waals surface area contributed by atoms with Crippen LogP contribution in [0.4, 0.5) is 0 Å². The van der Waals surface area contributed by atoms with Gasteiger partial charge in [0.2, 0.25) is 0 Å². The Hall–Kier alpha value is -3.34. The first kappa shape index (κ1) is 18.5. The Morgan fingerprint density at radius 2 is 1.70 bits per heavy atom. The van der Waals surface area contributed by atoms with E-state index in [0.29, 0.717) is 35.6 Å². The Bertz CT molecular complexity index is 975. The molecule has 27 heavy (non-hydrogen) atoms. The van der Waals surface area contributed by atoms with Crippen LogP contribution in [0, 0.1) is 0 Å². The zero-order chi connectivity index (χ0) is 19.2. The maximum absolute atomic E-state index is 13.1. The van der Waals surface area contributed by atoms with Gasteiger partial charge >= 0.3 is 5.97 Å². The Kier molecular flexibility index (Phi) is 5.71. The lowest BCUT2D eigenvalue weighted by atomic mass is 10.0. The maximum atomic E-state index is 13.1. The fourth-order valence-electron chi connectivity index (χ4n) is 2.89.